The highest BCUT2D eigenvalue weighted by Crippen LogP contribution is 2.17. The van der Waals surface area contributed by atoms with E-state index in [1.54, 1.807) is 36.3 Å². The molecule has 1 aromatic rings. The van der Waals surface area contributed by atoms with E-state index in [1.165, 1.54) is 7.11 Å². The van der Waals surface area contributed by atoms with Gasteiger partial charge in [0.25, 0.3) is 5.91 Å². The quantitative estimate of drug-likeness (QED) is 0.725. The van der Waals surface area contributed by atoms with Gasteiger partial charge >= 0.3 is 5.97 Å². The van der Waals surface area contributed by atoms with Crippen molar-refractivity contribution >= 4 is 11.9 Å². The van der Waals surface area contributed by atoms with Crippen molar-refractivity contribution in [3.8, 4) is 5.75 Å². The van der Waals surface area contributed by atoms with E-state index in [1.807, 2.05) is 13.8 Å². The van der Waals surface area contributed by atoms with Crippen molar-refractivity contribution in [3.63, 3.8) is 0 Å². The highest BCUT2D eigenvalue weighted by molar-refractivity contribution is 5.95. The molecule has 0 aliphatic heterocycles. The van der Waals surface area contributed by atoms with Gasteiger partial charge in [-0.15, -0.1) is 0 Å². The van der Waals surface area contributed by atoms with Gasteiger partial charge in [0.15, 0.2) is 0 Å². The lowest BCUT2D eigenvalue weighted by atomic mass is 10.1. The summed E-state index contributed by atoms with van der Waals surface area (Å²) in [5.74, 6) is 0.215. The first kappa shape index (κ1) is 17.0. The predicted molar refractivity (Wildman–Crippen MR) is 80.4 cm³/mol. The molecular weight excluding hydrogens is 270 g/mol. The largest absolute Gasteiger partial charge is 0.497 e. The molecule has 0 aromatic heterocycles. The van der Waals surface area contributed by atoms with Gasteiger partial charge in [-0.3, -0.25) is 9.59 Å². The van der Waals surface area contributed by atoms with Crippen molar-refractivity contribution in [3.05, 3.63) is 29.8 Å². The third-order valence-corrected chi connectivity index (χ3v) is 3.48. The Morgan fingerprint density at radius 2 is 2.00 bits per heavy atom. The average molecular weight is 293 g/mol. The molecule has 1 rings (SSSR count). The van der Waals surface area contributed by atoms with Crippen LogP contribution in [0.5, 0.6) is 5.75 Å². The van der Waals surface area contributed by atoms with Gasteiger partial charge in [-0.05, 0) is 31.5 Å². The molecule has 0 fully saturated rings. The van der Waals surface area contributed by atoms with E-state index >= 15 is 0 Å². The summed E-state index contributed by atoms with van der Waals surface area (Å²) < 4.78 is 9.78. The van der Waals surface area contributed by atoms with Crippen LogP contribution in [0.1, 0.15) is 37.0 Å². The SMILES string of the molecule is CCC(C)N(CCC(=O)OC)C(=O)c1cccc(OC)c1. The van der Waals surface area contributed by atoms with Crippen LogP contribution in [-0.4, -0.2) is 43.6 Å². The number of ether oxygens (including phenoxy) is 2. The van der Waals surface area contributed by atoms with Gasteiger partial charge in [0.1, 0.15) is 5.75 Å². The van der Waals surface area contributed by atoms with Crippen LogP contribution in [0.2, 0.25) is 0 Å². The molecule has 0 radical (unpaired) electrons. The van der Waals surface area contributed by atoms with Crippen LogP contribution in [0.3, 0.4) is 0 Å². The van der Waals surface area contributed by atoms with Crippen LogP contribution < -0.4 is 4.74 Å². The number of benzene rings is 1. The number of carbonyl (C=O) groups excluding carboxylic acids is 2. The van der Waals surface area contributed by atoms with Gasteiger partial charge < -0.3 is 14.4 Å². The number of carbonyl (C=O) groups is 2. The minimum absolute atomic E-state index is 0.0494. The first-order valence-electron chi connectivity index (χ1n) is 7.05. The predicted octanol–water partition coefficient (Wildman–Crippen LogP) is 2.50. The molecule has 0 N–H and O–H groups in total. The second-order valence-corrected chi connectivity index (χ2v) is 4.81. The highest BCUT2D eigenvalue weighted by Gasteiger charge is 2.21. The van der Waals surface area contributed by atoms with Crippen molar-refractivity contribution in [2.45, 2.75) is 32.7 Å². The van der Waals surface area contributed by atoms with E-state index in [-0.39, 0.29) is 24.3 Å². The van der Waals surface area contributed by atoms with E-state index < -0.39 is 0 Å². The molecule has 0 spiro atoms. The van der Waals surface area contributed by atoms with E-state index in [2.05, 4.69) is 4.74 Å². The number of amides is 1. The van der Waals surface area contributed by atoms with E-state index in [0.717, 1.165) is 6.42 Å². The maximum atomic E-state index is 12.6. The Morgan fingerprint density at radius 3 is 2.57 bits per heavy atom. The van der Waals surface area contributed by atoms with Gasteiger partial charge in [0, 0.05) is 18.2 Å². The van der Waals surface area contributed by atoms with E-state index in [9.17, 15) is 9.59 Å². The third kappa shape index (κ3) is 4.77. The Labute approximate surface area is 125 Å². The summed E-state index contributed by atoms with van der Waals surface area (Å²) in [7, 11) is 2.91. The second-order valence-electron chi connectivity index (χ2n) is 4.81. The standard InChI is InChI=1S/C16H23NO4/c1-5-12(2)17(10-9-15(18)21-4)16(19)13-7-6-8-14(11-13)20-3/h6-8,11-12H,5,9-10H2,1-4H3. The van der Waals surface area contributed by atoms with Crippen molar-refractivity contribution in [1.82, 2.24) is 4.90 Å². The molecule has 5 heteroatoms. The first-order chi connectivity index (χ1) is 10.0. The monoisotopic (exact) mass is 293 g/mol. The van der Waals surface area contributed by atoms with E-state index in [4.69, 9.17) is 4.74 Å². The highest BCUT2D eigenvalue weighted by atomic mass is 16.5. The third-order valence-electron chi connectivity index (χ3n) is 3.48. The van der Waals surface area contributed by atoms with Crippen LogP contribution in [0.25, 0.3) is 0 Å². The molecule has 0 saturated carbocycles. The number of esters is 1. The minimum atomic E-state index is -0.318. The van der Waals surface area contributed by atoms with Crippen LogP contribution in [-0.2, 0) is 9.53 Å². The fourth-order valence-corrected chi connectivity index (χ4v) is 1.98. The number of nitrogens with zero attached hydrogens (tertiary/aromatic N) is 1. The first-order valence-corrected chi connectivity index (χ1v) is 7.05. The van der Waals surface area contributed by atoms with E-state index in [0.29, 0.717) is 17.9 Å². The summed E-state index contributed by atoms with van der Waals surface area (Å²) in [5.41, 5.74) is 0.555. The van der Waals surface area contributed by atoms with Gasteiger partial charge in [0.05, 0.1) is 20.6 Å². The Morgan fingerprint density at radius 1 is 1.29 bits per heavy atom. The smallest absolute Gasteiger partial charge is 0.307 e. The molecule has 0 aliphatic carbocycles. The fourth-order valence-electron chi connectivity index (χ4n) is 1.98. The number of methoxy groups -OCH3 is 2. The van der Waals surface area contributed by atoms with Crippen molar-refractivity contribution in [1.29, 1.82) is 0 Å². The van der Waals surface area contributed by atoms with Gasteiger partial charge in [-0.25, -0.2) is 0 Å². The Hall–Kier alpha value is -2.04. The minimum Gasteiger partial charge on any atom is -0.497 e. The van der Waals surface area contributed by atoms with Crippen LogP contribution in [0.15, 0.2) is 24.3 Å². The van der Waals surface area contributed by atoms with Gasteiger partial charge in [0.2, 0.25) is 0 Å². The zero-order valence-electron chi connectivity index (χ0n) is 13.1. The van der Waals surface area contributed by atoms with Crippen molar-refractivity contribution in [2.75, 3.05) is 20.8 Å². The number of rotatable bonds is 7. The summed E-state index contributed by atoms with van der Waals surface area (Å²) >= 11 is 0. The summed E-state index contributed by atoms with van der Waals surface area (Å²) in [6.07, 6.45) is 1.01. The Balaban J connectivity index is 2.90. The lowest BCUT2D eigenvalue weighted by Crippen LogP contribution is -2.39. The maximum Gasteiger partial charge on any atom is 0.307 e. The molecule has 21 heavy (non-hydrogen) atoms. The molecule has 1 aromatic carbocycles. The molecule has 0 heterocycles. The van der Waals surface area contributed by atoms with Crippen molar-refractivity contribution in [2.24, 2.45) is 0 Å². The summed E-state index contributed by atoms with van der Waals surface area (Å²) in [6, 6.07) is 7.07. The molecular formula is C16H23NO4. The van der Waals surface area contributed by atoms with Gasteiger partial charge in [-0.1, -0.05) is 13.0 Å². The lowest BCUT2D eigenvalue weighted by molar-refractivity contribution is -0.140. The molecule has 0 bridgehead atoms. The maximum absolute atomic E-state index is 12.6. The molecule has 1 atom stereocenters. The number of hydrogen-bond acceptors (Lipinski definition) is 4. The summed E-state index contributed by atoms with van der Waals surface area (Å²) in [6.45, 7) is 4.32. The second kappa shape index (κ2) is 8.29. The zero-order valence-corrected chi connectivity index (χ0v) is 13.1. The zero-order chi connectivity index (χ0) is 15.8. The van der Waals surface area contributed by atoms with Gasteiger partial charge in [-0.2, -0.15) is 0 Å². The molecule has 1 amide bonds. The summed E-state index contributed by atoms with van der Waals surface area (Å²) in [5, 5.41) is 0. The average Bonchev–Trinajstić information content (AvgIpc) is 2.54. The fraction of sp³-hybridized carbons (Fsp3) is 0.500. The molecule has 1 unspecified atom stereocenters. The molecule has 5 nitrogen and oxygen atoms in total. The number of hydrogen-bond donors (Lipinski definition) is 0. The van der Waals surface area contributed by atoms with Crippen LogP contribution in [0, 0.1) is 0 Å². The molecule has 0 saturated heterocycles. The normalized spacial score (nSPS) is 11.6. The topological polar surface area (TPSA) is 55.8 Å². The van der Waals surface area contributed by atoms with Crippen LogP contribution >= 0.6 is 0 Å². The summed E-state index contributed by atoms with van der Waals surface area (Å²) in [4.78, 5) is 25.6. The van der Waals surface area contributed by atoms with Crippen molar-refractivity contribution < 1.29 is 19.1 Å². The lowest BCUT2D eigenvalue weighted by Gasteiger charge is -2.28. The molecule has 0 aliphatic rings. The Kier molecular flexibility index (Phi) is 6.72. The molecule has 116 valence electrons. The Bertz CT molecular complexity index is 487. The van der Waals surface area contributed by atoms with Crippen LogP contribution in [0.4, 0.5) is 0 Å².